The number of aromatic nitrogens is 2. The third-order valence-electron chi connectivity index (χ3n) is 1.14. The molecule has 0 radical (unpaired) electrons. The summed E-state index contributed by atoms with van der Waals surface area (Å²) in [6.45, 7) is -0.461. The van der Waals surface area contributed by atoms with E-state index in [1.165, 1.54) is 6.20 Å². The van der Waals surface area contributed by atoms with Gasteiger partial charge in [0.25, 0.3) is 6.43 Å². The Bertz CT molecular complexity index is 253. The minimum atomic E-state index is -2.43. The molecule has 3 nitrogen and oxygen atoms in total. The van der Waals surface area contributed by atoms with Crippen molar-refractivity contribution in [2.45, 2.75) is 13.0 Å². The highest BCUT2D eigenvalue weighted by atomic mass is 79.9. The van der Waals surface area contributed by atoms with Gasteiger partial charge in [-0.1, -0.05) is 0 Å². The lowest BCUT2D eigenvalue weighted by atomic mass is 10.6. The third-order valence-corrected chi connectivity index (χ3v) is 1.76. The van der Waals surface area contributed by atoms with Gasteiger partial charge in [-0.2, -0.15) is 5.10 Å². The van der Waals surface area contributed by atoms with Crippen LogP contribution in [0.25, 0.3) is 0 Å². The second-order valence-electron chi connectivity index (χ2n) is 1.95. The largest absolute Gasteiger partial charge is 0.383 e. The summed E-state index contributed by atoms with van der Waals surface area (Å²) < 4.78 is 25.1. The van der Waals surface area contributed by atoms with Crippen molar-refractivity contribution in [3.63, 3.8) is 0 Å². The van der Waals surface area contributed by atoms with Crippen LogP contribution in [0.3, 0.4) is 0 Å². The van der Waals surface area contributed by atoms with E-state index in [1.54, 1.807) is 0 Å². The van der Waals surface area contributed by atoms with Crippen LogP contribution in [0.5, 0.6) is 0 Å². The lowest BCUT2D eigenvalue weighted by Gasteiger charge is -2.01. The highest BCUT2D eigenvalue weighted by molar-refractivity contribution is 9.10. The molecule has 0 atom stereocenters. The predicted molar refractivity (Wildman–Crippen MR) is 47.6 cm³/mol. The average molecular weight is 262 g/mol. The first-order chi connectivity index (χ1) is 5.11. The predicted octanol–water partition coefficient (Wildman–Crippen LogP) is 1.91. The Morgan fingerprint density at radius 1 is 1.67 bits per heavy atom. The van der Waals surface area contributed by atoms with Crippen molar-refractivity contribution in [2.24, 2.45) is 0 Å². The van der Waals surface area contributed by atoms with Crippen LogP contribution in [-0.4, -0.2) is 16.2 Å². The number of hydrogen-bond acceptors (Lipinski definition) is 2. The summed E-state index contributed by atoms with van der Waals surface area (Å²) in [5.41, 5.74) is 5.37. The molecule has 7 heteroatoms. The molecule has 1 aromatic rings. The van der Waals surface area contributed by atoms with Crippen LogP contribution in [0.4, 0.5) is 14.6 Å². The Kier molecular flexibility index (Phi) is 4.47. The lowest BCUT2D eigenvalue weighted by Crippen LogP contribution is -2.10. The maximum absolute atomic E-state index is 11.8. The molecule has 0 aromatic carbocycles. The number of halogens is 4. The standard InChI is InChI=1S/C5H6BrF2N3.ClH/c6-3-1-10-11(5(3)9)2-4(7)8;/h1,4H,2,9H2;1H. The van der Waals surface area contributed by atoms with Crippen LogP contribution in [0.2, 0.25) is 0 Å². The maximum Gasteiger partial charge on any atom is 0.258 e. The molecule has 0 aliphatic heterocycles. The smallest absolute Gasteiger partial charge is 0.258 e. The Balaban J connectivity index is 0.00000121. The van der Waals surface area contributed by atoms with E-state index in [4.69, 9.17) is 5.73 Å². The average Bonchev–Trinajstić information content (AvgIpc) is 2.18. The zero-order chi connectivity index (χ0) is 8.43. The summed E-state index contributed by atoms with van der Waals surface area (Å²) in [5.74, 6) is 0.227. The fourth-order valence-corrected chi connectivity index (χ4v) is 0.944. The summed E-state index contributed by atoms with van der Waals surface area (Å²) in [6, 6.07) is 0. The summed E-state index contributed by atoms with van der Waals surface area (Å²) in [5, 5.41) is 3.62. The van der Waals surface area contributed by atoms with E-state index >= 15 is 0 Å². The number of hydrogen-bond donors (Lipinski definition) is 1. The van der Waals surface area contributed by atoms with E-state index in [0.717, 1.165) is 4.68 Å². The summed E-state index contributed by atoms with van der Waals surface area (Å²) in [6.07, 6.45) is -1.04. The van der Waals surface area contributed by atoms with Gasteiger partial charge >= 0.3 is 0 Å². The highest BCUT2D eigenvalue weighted by Gasteiger charge is 2.09. The Hall–Kier alpha value is -0.360. The second kappa shape index (κ2) is 4.61. The minimum absolute atomic E-state index is 0. The first-order valence-corrected chi connectivity index (χ1v) is 3.65. The van der Waals surface area contributed by atoms with E-state index in [1.807, 2.05) is 0 Å². The minimum Gasteiger partial charge on any atom is -0.383 e. The van der Waals surface area contributed by atoms with Gasteiger partial charge in [0.1, 0.15) is 12.4 Å². The number of nitrogens with zero attached hydrogens (tertiary/aromatic N) is 2. The summed E-state index contributed by atoms with van der Waals surface area (Å²) >= 11 is 3.05. The van der Waals surface area contributed by atoms with E-state index in [-0.39, 0.29) is 18.2 Å². The van der Waals surface area contributed by atoms with Gasteiger partial charge in [-0.05, 0) is 15.9 Å². The van der Waals surface area contributed by atoms with Crippen molar-refractivity contribution in [3.8, 4) is 0 Å². The fraction of sp³-hybridized carbons (Fsp3) is 0.400. The molecule has 12 heavy (non-hydrogen) atoms. The number of nitrogen functional groups attached to an aromatic ring is 1. The molecule has 2 N–H and O–H groups in total. The molecule has 0 aliphatic rings. The van der Waals surface area contributed by atoms with Crippen molar-refractivity contribution in [2.75, 3.05) is 5.73 Å². The second-order valence-corrected chi connectivity index (χ2v) is 2.81. The molecule has 0 unspecified atom stereocenters. The van der Waals surface area contributed by atoms with Crippen molar-refractivity contribution < 1.29 is 8.78 Å². The van der Waals surface area contributed by atoms with Crippen LogP contribution >= 0.6 is 28.3 Å². The van der Waals surface area contributed by atoms with Crippen molar-refractivity contribution in [3.05, 3.63) is 10.7 Å². The van der Waals surface area contributed by atoms with Gasteiger partial charge in [-0.3, -0.25) is 0 Å². The van der Waals surface area contributed by atoms with E-state index in [0.29, 0.717) is 4.47 Å². The molecule has 0 amide bonds. The van der Waals surface area contributed by atoms with Crippen LogP contribution in [0, 0.1) is 0 Å². The molecule has 0 spiro atoms. The van der Waals surface area contributed by atoms with Gasteiger partial charge in [0.15, 0.2) is 0 Å². The number of rotatable bonds is 2. The maximum atomic E-state index is 11.8. The van der Waals surface area contributed by atoms with Crippen LogP contribution < -0.4 is 5.73 Å². The third kappa shape index (κ3) is 2.60. The molecule has 0 fully saturated rings. The van der Waals surface area contributed by atoms with E-state index in [2.05, 4.69) is 21.0 Å². The van der Waals surface area contributed by atoms with Crippen LogP contribution in [0.15, 0.2) is 10.7 Å². The summed E-state index contributed by atoms with van der Waals surface area (Å²) in [4.78, 5) is 0. The van der Waals surface area contributed by atoms with Gasteiger partial charge in [-0.25, -0.2) is 13.5 Å². The Labute approximate surface area is 82.5 Å². The molecule has 0 saturated carbocycles. The topological polar surface area (TPSA) is 43.8 Å². The van der Waals surface area contributed by atoms with E-state index in [9.17, 15) is 8.78 Å². The fourth-order valence-electron chi connectivity index (χ4n) is 0.648. The zero-order valence-corrected chi connectivity index (χ0v) is 8.28. The number of nitrogens with two attached hydrogens (primary N) is 1. The molecule has 0 saturated heterocycles. The quantitative estimate of drug-likeness (QED) is 0.885. The van der Waals surface area contributed by atoms with Crippen LogP contribution in [-0.2, 0) is 6.54 Å². The monoisotopic (exact) mass is 261 g/mol. The van der Waals surface area contributed by atoms with Crippen molar-refractivity contribution >= 4 is 34.2 Å². The Morgan fingerprint density at radius 2 is 2.25 bits per heavy atom. The number of alkyl halides is 2. The van der Waals surface area contributed by atoms with Gasteiger partial charge in [-0.15, -0.1) is 12.4 Å². The highest BCUT2D eigenvalue weighted by Crippen LogP contribution is 2.18. The van der Waals surface area contributed by atoms with Crippen molar-refractivity contribution in [1.82, 2.24) is 9.78 Å². The summed E-state index contributed by atoms with van der Waals surface area (Å²) in [7, 11) is 0. The van der Waals surface area contributed by atoms with Gasteiger partial charge in [0.2, 0.25) is 0 Å². The molecule has 1 heterocycles. The normalized spacial score (nSPS) is 10.0. The molecule has 70 valence electrons. The molecule has 1 rings (SSSR count). The van der Waals surface area contributed by atoms with Gasteiger partial charge < -0.3 is 5.73 Å². The van der Waals surface area contributed by atoms with Gasteiger partial charge in [0, 0.05) is 0 Å². The molecule has 0 bridgehead atoms. The van der Waals surface area contributed by atoms with Gasteiger partial charge in [0.05, 0.1) is 10.7 Å². The molecule has 1 aromatic heterocycles. The zero-order valence-electron chi connectivity index (χ0n) is 5.88. The first-order valence-electron chi connectivity index (χ1n) is 2.86. The molecule has 0 aliphatic carbocycles. The molecular weight excluding hydrogens is 255 g/mol. The number of anilines is 1. The van der Waals surface area contributed by atoms with Crippen molar-refractivity contribution in [1.29, 1.82) is 0 Å². The SMILES string of the molecule is Cl.Nc1c(Br)cnn1CC(F)F. The lowest BCUT2D eigenvalue weighted by molar-refractivity contribution is 0.122. The first kappa shape index (κ1) is 11.6. The molecular formula is C5H7BrClF2N3. The van der Waals surface area contributed by atoms with E-state index < -0.39 is 13.0 Å². The van der Waals surface area contributed by atoms with Crippen LogP contribution in [0.1, 0.15) is 0 Å². The Morgan fingerprint density at radius 3 is 2.58 bits per heavy atom.